The molecule has 2 aromatic rings. The number of hydrogen-bond donors (Lipinski definition) is 1. The van der Waals surface area contributed by atoms with Crippen molar-refractivity contribution < 1.29 is 27.5 Å². The highest BCUT2D eigenvalue weighted by Gasteiger charge is 2.44. The van der Waals surface area contributed by atoms with Crippen molar-refractivity contribution in [2.75, 3.05) is 25.5 Å². The van der Waals surface area contributed by atoms with E-state index in [1.165, 1.54) is 36.2 Å². The fraction of sp³-hybridized carbons (Fsp3) is 0.300. The number of nitrogens with one attached hydrogen (secondary N) is 1. The van der Waals surface area contributed by atoms with Gasteiger partial charge in [0.15, 0.2) is 23.2 Å². The number of carbonyl (C=O) groups is 2. The van der Waals surface area contributed by atoms with Gasteiger partial charge < -0.3 is 15.0 Å². The van der Waals surface area contributed by atoms with Crippen LogP contribution >= 0.6 is 0 Å². The molecule has 3 rings (SSSR count). The second kappa shape index (κ2) is 7.92. The van der Waals surface area contributed by atoms with Gasteiger partial charge in [-0.3, -0.25) is 9.59 Å². The fourth-order valence-corrected chi connectivity index (χ4v) is 3.32. The number of ether oxygens (including phenoxy) is 1. The summed E-state index contributed by atoms with van der Waals surface area (Å²) in [5, 5.41) is 2.27. The number of amides is 2. The molecule has 5 nitrogen and oxygen atoms in total. The summed E-state index contributed by atoms with van der Waals surface area (Å²) >= 11 is 0. The van der Waals surface area contributed by atoms with Crippen LogP contribution < -0.4 is 10.1 Å². The van der Waals surface area contributed by atoms with E-state index in [2.05, 4.69) is 5.32 Å². The van der Waals surface area contributed by atoms with E-state index in [-0.39, 0.29) is 18.0 Å². The van der Waals surface area contributed by atoms with Gasteiger partial charge >= 0.3 is 0 Å². The molecule has 2 aromatic carbocycles. The van der Waals surface area contributed by atoms with Crippen molar-refractivity contribution in [2.24, 2.45) is 5.92 Å². The minimum absolute atomic E-state index is 0.0757. The molecule has 0 aromatic heterocycles. The quantitative estimate of drug-likeness (QED) is 0.795. The van der Waals surface area contributed by atoms with Gasteiger partial charge in [0.05, 0.1) is 12.3 Å². The van der Waals surface area contributed by atoms with Gasteiger partial charge in [-0.2, -0.15) is 0 Å². The summed E-state index contributed by atoms with van der Waals surface area (Å²) in [7, 11) is 1.52. The summed E-state index contributed by atoms with van der Waals surface area (Å²) in [4.78, 5) is 26.6. The standard InChI is InChI=1S/C20H19F3N2O3/c1-3-28-16-8-7-11(9-14(16)22)12-10-25(2)20(27)17(12)19(26)24-15-6-4-5-13(21)18(15)23/h4-9,12,17H,3,10H2,1-2H3,(H,24,26). The van der Waals surface area contributed by atoms with Crippen LogP contribution in [0.25, 0.3) is 0 Å². The lowest BCUT2D eigenvalue weighted by atomic mass is 9.87. The molecular weight excluding hydrogens is 373 g/mol. The minimum atomic E-state index is -1.21. The molecule has 0 aliphatic carbocycles. The normalized spacial score (nSPS) is 19.0. The first-order chi connectivity index (χ1) is 13.3. The van der Waals surface area contributed by atoms with Crippen molar-refractivity contribution >= 4 is 17.5 Å². The van der Waals surface area contributed by atoms with Crippen molar-refractivity contribution in [2.45, 2.75) is 12.8 Å². The van der Waals surface area contributed by atoms with Crippen LogP contribution in [0.3, 0.4) is 0 Å². The molecule has 2 unspecified atom stereocenters. The second-order valence-electron chi connectivity index (χ2n) is 6.52. The van der Waals surface area contributed by atoms with E-state index in [0.717, 1.165) is 6.07 Å². The van der Waals surface area contributed by atoms with E-state index in [0.29, 0.717) is 12.2 Å². The van der Waals surface area contributed by atoms with Gasteiger partial charge in [0.2, 0.25) is 11.8 Å². The topological polar surface area (TPSA) is 58.6 Å². The van der Waals surface area contributed by atoms with Gasteiger partial charge in [-0.05, 0) is 36.8 Å². The van der Waals surface area contributed by atoms with Crippen molar-refractivity contribution in [3.63, 3.8) is 0 Å². The Balaban J connectivity index is 1.89. The molecule has 1 aliphatic rings. The molecular formula is C20H19F3N2O3. The molecule has 28 heavy (non-hydrogen) atoms. The molecule has 1 N–H and O–H groups in total. The Morgan fingerprint density at radius 1 is 1.21 bits per heavy atom. The maximum Gasteiger partial charge on any atom is 0.237 e. The summed E-state index contributed by atoms with van der Waals surface area (Å²) in [6.07, 6.45) is 0. The Morgan fingerprint density at radius 2 is 1.96 bits per heavy atom. The molecule has 0 saturated carbocycles. The Bertz CT molecular complexity index is 920. The zero-order valence-electron chi connectivity index (χ0n) is 15.3. The van der Waals surface area contributed by atoms with Crippen molar-refractivity contribution in [3.8, 4) is 5.75 Å². The third-order valence-corrected chi connectivity index (χ3v) is 4.69. The van der Waals surface area contributed by atoms with Crippen LogP contribution in [-0.2, 0) is 9.59 Å². The third kappa shape index (κ3) is 3.67. The van der Waals surface area contributed by atoms with E-state index in [9.17, 15) is 22.8 Å². The Hall–Kier alpha value is -3.03. The molecule has 8 heteroatoms. The van der Waals surface area contributed by atoms with Gasteiger partial charge in [0.1, 0.15) is 5.92 Å². The number of likely N-dealkylation sites (tertiary alicyclic amines) is 1. The predicted molar refractivity (Wildman–Crippen MR) is 96.4 cm³/mol. The van der Waals surface area contributed by atoms with Crippen LogP contribution in [0.15, 0.2) is 36.4 Å². The Kier molecular flexibility index (Phi) is 5.58. The van der Waals surface area contributed by atoms with Crippen LogP contribution in [0.5, 0.6) is 5.75 Å². The summed E-state index contributed by atoms with van der Waals surface area (Å²) in [6, 6.07) is 7.63. The van der Waals surface area contributed by atoms with Gasteiger partial charge in [-0.1, -0.05) is 12.1 Å². The Morgan fingerprint density at radius 3 is 2.64 bits per heavy atom. The number of hydrogen-bond acceptors (Lipinski definition) is 3. The lowest BCUT2D eigenvalue weighted by molar-refractivity contribution is -0.135. The SMILES string of the molecule is CCOc1ccc(C2CN(C)C(=O)C2C(=O)Nc2cccc(F)c2F)cc1F. The number of likely N-dealkylation sites (N-methyl/N-ethyl adjacent to an activating group) is 1. The average Bonchev–Trinajstić information content (AvgIpc) is 2.96. The zero-order valence-corrected chi connectivity index (χ0v) is 15.3. The van der Waals surface area contributed by atoms with E-state index >= 15 is 0 Å². The lowest BCUT2D eigenvalue weighted by Gasteiger charge is -2.18. The molecule has 1 aliphatic heterocycles. The van der Waals surface area contributed by atoms with Crippen LogP contribution in [0, 0.1) is 23.4 Å². The monoisotopic (exact) mass is 392 g/mol. The maximum atomic E-state index is 14.2. The molecule has 0 radical (unpaired) electrons. The smallest absolute Gasteiger partial charge is 0.237 e. The van der Waals surface area contributed by atoms with E-state index < -0.39 is 41.1 Å². The average molecular weight is 392 g/mol. The van der Waals surface area contributed by atoms with E-state index in [1.54, 1.807) is 13.0 Å². The highest BCUT2D eigenvalue weighted by atomic mass is 19.2. The summed E-state index contributed by atoms with van der Waals surface area (Å²) in [6.45, 7) is 2.21. The second-order valence-corrected chi connectivity index (χ2v) is 6.52. The van der Waals surface area contributed by atoms with Crippen LogP contribution in [0.4, 0.5) is 18.9 Å². The number of benzene rings is 2. The van der Waals surface area contributed by atoms with Crippen molar-refractivity contribution in [3.05, 3.63) is 59.4 Å². The summed E-state index contributed by atoms with van der Waals surface area (Å²) < 4.78 is 46.6. The third-order valence-electron chi connectivity index (χ3n) is 4.69. The molecule has 148 valence electrons. The van der Waals surface area contributed by atoms with Gasteiger partial charge in [-0.15, -0.1) is 0 Å². The summed E-state index contributed by atoms with van der Waals surface area (Å²) in [5.74, 6) is -5.93. The predicted octanol–water partition coefficient (Wildman–Crippen LogP) is 3.31. The highest BCUT2D eigenvalue weighted by Crippen LogP contribution is 2.35. The summed E-state index contributed by atoms with van der Waals surface area (Å²) in [5.41, 5.74) is 0.0856. The van der Waals surface area contributed by atoms with E-state index in [1.807, 2.05) is 0 Å². The molecule has 1 fully saturated rings. The zero-order chi connectivity index (χ0) is 20.4. The van der Waals surface area contributed by atoms with Crippen molar-refractivity contribution in [1.29, 1.82) is 0 Å². The highest BCUT2D eigenvalue weighted by molar-refractivity contribution is 6.08. The first kappa shape index (κ1) is 19.7. The van der Waals surface area contributed by atoms with E-state index in [4.69, 9.17) is 4.74 Å². The minimum Gasteiger partial charge on any atom is -0.491 e. The Labute approximate surface area is 160 Å². The first-order valence-electron chi connectivity index (χ1n) is 8.75. The van der Waals surface area contributed by atoms with Crippen LogP contribution in [0.2, 0.25) is 0 Å². The number of nitrogens with zero attached hydrogens (tertiary/aromatic N) is 1. The molecule has 1 heterocycles. The van der Waals surface area contributed by atoms with Crippen LogP contribution in [-0.4, -0.2) is 36.9 Å². The number of carbonyl (C=O) groups excluding carboxylic acids is 2. The maximum absolute atomic E-state index is 14.2. The van der Waals surface area contributed by atoms with Gasteiger partial charge in [-0.25, -0.2) is 13.2 Å². The first-order valence-corrected chi connectivity index (χ1v) is 8.75. The fourth-order valence-electron chi connectivity index (χ4n) is 3.32. The van der Waals surface area contributed by atoms with Gasteiger partial charge in [0.25, 0.3) is 0 Å². The molecule has 0 spiro atoms. The van der Waals surface area contributed by atoms with Crippen molar-refractivity contribution in [1.82, 2.24) is 4.90 Å². The van der Waals surface area contributed by atoms with Crippen LogP contribution in [0.1, 0.15) is 18.4 Å². The molecule has 1 saturated heterocycles. The largest absolute Gasteiger partial charge is 0.491 e. The molecule has 2 atom stereocenters. The molecule has 0 bridgehead atoms. The molecule has 2 amide bonds. The number of halogens is 3. The lowest BCUT2D eigenvalue weighted by Crippen LogP contribution is -2.33. The number of rotatable bonds is 5. The van der Waals surface area contributed by atoms with Gasteiger partial charge in [0, 0.05) is 19.5 Å². The number of anilines is 1.